The summed E-state index contributed by atoms with van der Waals surface area (Å²) in [6.45, 7) is 1.98. The molecule has 1 aliphatic heterocycles. The van der Waals surface area contributed by atoms with E-state index in [-0.39, 0.29) is 42.5 Å². The molecule has 2 saturated carbocycles. The van der Waals surface area contributed by atoms with Gasteiger partial charge in [-0.1, -0.05) is 11.6 Å². The third kappa shape index (κ3) is 2.78. The number of hydrogen-bond acceptors (Lipinski definition) is 3. The van der Waals surface area contributed by atoms with Crippen LogP contribution >= 0.6 is 27.5 Å². The van der Waals surface area contributed by atoms with Crippen molar-refractivity contribution in [2.75, 3.05) is 11.9 Å². The number of rotatable bonds is 4. The van der Waals surface area contributed by atoms with E-state index >= 15 is 0 Å². The molecule has 1 aromatic carbocycles. The van der Waals surface area contributed by atoms with Crippen molar-refractivity contribution in [3.05, 3.63) is 27.2 Å². The second-order valence-corrected chi connectivity index (χ2v) is 8.78. The van der Waals surface area contributed by atoms with E-state index in [9.17, 15) is 14.4 Å². The number of carbonyl (C=O) groups is 3. The van der Waals surface area contributed by atoms with Crippen molar-refractivity contribution < 1.29 is 14.4 Å². The van der Waals surface area contributed by atoms with Gasteiger partial charge in [0.2, 0.25) is 17.7 Å². The minimum Gasteiger partial charge on any atom is -0.326 e. The van der Waals surface area contributed by atoms with E-state index in [1.54, 1.807) is 12.1 Å². The second-order valence-electron chi connectivity index (χ2n) is 7.54. The second kappa shape index (κ2) is 6.64. The van der Waals surface area contributed by atoms with Crippen molar-refractivity contribution in [2.45, 2.75) is 32.6 Å². The van der Waals surface area contributed by atoms with Crippen LogP contribution in [0.3, 0.4) is 0 Å². The zero-order valence-corrected chi connectivity index (χ0v) is 16.8. The van der Waals surface area contributed by atoms with Crippen LogP contribution in [0, 0.1) is 30.6 Å². The monoisotopic (exact) mass is 438 g/mol. The van der Waals surface area contributed by atoms with Crippen LogP contribution in [-0.4, -0.2) is 29.2 Å². The first-order valence-electron chi connectivity index (χ1n) is 8.98. The van der Waals surface area contributed by atoms with E-state index in [1.165, 1.54) is 4.90 Å². The van der Waals surface area contributed by atoms with Gasteiger partial charge in [-0.15, -0.1) is 0 Å². The largest absolute Gasteiger partial charge is 0.326 e. The number of carbonyl (C=O) groups excluding carboxylic acids is 3. The van der Waals surface area contributed by atoms with Crippen molar-refractivity contribution in [3.63, 3.8) is 0 Å². The smallest absolute Gasteiger partial charge is 0.233 e. The molecule has 26 heavy (non-hydrogen) atoms. The van der Waals surface area contributed by atoms with Gasteiger partial charge in [0.25, 0.3) is 0 Å². The Hall–Kier alpha value is -1.40. The van der Waals surface area contributed by atoms with Crippen molar-refractivity contribution >= 4 is 50.9 Å². The Kier molecular flexibility index (Phi) is 4.59. The number of halogens is 2. The van der Waals surface area contributed by atoms with Gasteiger partial charge in [-0.05, 0) is 71.6 Å². The van der Waals surface area contributed by atoms with Crippen molar-refractivity contribution in [1.29, 1.82) is 0 Å². The number of hydrogen-bond donors (Lipinski definition) is 1. The third-order valence-corrected chi connectivity index (χ3v) is 7.57. The van der Waals surface area contributed by atoms with E-state index in [0.29, 0.717) is 22.5 Å². The van der Waals surface area contributed by atoms with E-state index in [4.69, 9.17) is 11.6 Å². The fraction of sp³-hybridized carbons (Fsp3) is 0.526. The van der Waals surface area contributed by atoms with Crippen LogP contribution in [0.5, 0.6) is 0 Å². The Morgan fingerprint density at radius 3 is 2.46 bits per heavy atom. The molecule has 0 unspecified atom stereocenters. The summed E-state index contributed by atoms with van der Waals surface area (Å²) in [5, 5.41) is 3.37. The highest BCUT2D eigenvalue weighted by Gasteiger charge is 2.60. The van der Waals surface area contributed by atoms with Gasteiger partial charge in [-0.25, -0.2) is 0 Å². The van der Waals surface area contributed by atoms with Crippen molar-refractivity contribution in [2.24, 2.45) is 23.7 Å². The lowest BCUT2D eigenvalue weighted by Crippen LogP contribution is -2.35. The van der Waals surface area contributed by atoms with Gasteiger partial charge >= 0.3 is 0 Å². The predicted molar refractivity (Wildman–Crippen MR) is 102 cm³/mol. The molecule has 3 amide bonds. The molecule has 1 aromatic rings. The molecule has 138 valence electrons. The summed E-state index contributed by atoms with van der Waals surface area (Å²) in [6, 6.07) is 3.55. The molecule has 5 nitrogen and oxygen atoms in total. The topological polar surface area (TPSA) is 66.5 Å². The molecule has 4 rings (SSSR count). The maximum atomic E-state index is 12.6. The van der Waals surface area contributed by atoms with E-state index in [1.807, 2.05) is 6.92 Å². The zero-order valence-electron chi connectivity index (χ0n) is 14.4. The minimum atomic E-state index is -0.230. The molecule has 7 heteroatoms. The van der Waals surface area contributed by atoms with Crippen LogP contribution in [0.15, 0.2) is 16.6 Å². The zero-order chi connectivity index (χ0) is 18.6. The predicted octanol–water partition coefficient (Wildman–Crippen LogP) is 3.77. The molecule has 2 bridgehead atoms. The van der Waals surface area contributed by atoms with Gasteiger partial charge in [0, 0.05) is 23.1 Å². The lowest BCUT2D eigenvalue weighted by atomic mass is 9.81. The lowest BCUT2D eigenvalue weighted by Gasteiger charge is -2.19. The Morgan fingerprint density at radius 1 is 1.23 bits per heavy atom. The van der Waals surface area contributed by atoms with Gasteiger partial charge < -0.3 is 5.32 Å². The number of fused-ring (bicyclic) bond motifs is 5. The van der Waals surface area contributed by atoms with E-state index in [0.717, 1.165) is 29.3 Å². The summed E-state index contributed by atoms with van der Waals surface area (Å²) in [7, 11) is 0. The highest BCUT2D eigenvalue weighted by molar-refractivity contribution is 9.10. The average molecular weight is 440 g/mol. The summed E-state index contributed by atoms with van der Waals surface area (Å²) in [5.41, 5.74) is 1.41. The molecule has 2 aliphatic carbocycles. The normalized spacial score (nSPS) is 29.4. The molecular weight excluding hydrogens is 420 g/mol. The fourth-order valence-electron chi connectivity index (χ4n) is 4.90. The molecule has 1 heterocycles. The van der Waals surface area contributed by atoms with Gasteiger partial charge in [0.1, 0.15) is 0 Å². The number of anilines is 1. The van der Waals surface area contributed by atoms with Gasteiger partial charge in [-0.2, -0.15) is 0 Å². The molecule has 1 saturated heterocycles. The Bertz CT molecular complexity index is 784. The van der Waals surface area contributed by atoms with Crippen LogP contribution in [0.1, 0.15) is 31.2 Å². The molecule has 3 aliphatic rings. The quantitative estimate of drug-likeness (QED) is 0.726. The molecule has 0 aromatic heterocycles. The maximum absolute atomic E-state index is 12.6. The van der Waals surface area contributed by atoms with Crippen LogP contribution in [0.25, 0.3) is 0 Å². The third-order valence-electron chi connectivity index (χ3n) is 6.19. The number of imide groups is 1. The summed E-state index contributed by atoms with van der Waals surface area (Å²) in [6.07, 6.45) is 3.23. The Balaban J connectivity index is 1.39. The summed E-state index contributed by atoms with van der Waals surface area (Å²) < 4.78 is 0.768. The van der Waals surface area contributed by atoms with Crippen molar-refractivity contribution in [3.8, 4) is 0 Å². The number of amides is 3. The lowest BCUT2D eigenvalue weighted by molar-refractivity contribution is -0.140. The van der Waals surface area contributed by atoms with Gasteiger partial charge in [0.05, 0.1) is 16.9 Å². The summed E-state index contributed by atoms with van der Waals surface area (Å²) in [4.78, 5) is 38.9. The summed E-state index contributed by atoms with van der Waals surface area (Å²) >= 11 is 9.52. The van der Waals surface area contributed by atoms with Crippen molar-refractivity contribution in [1.82, 2.24) is 4.90 Å². The SMILES string of the molecule is Cc1c(NC(=O)CCN2C(=O)[C@@H]3[C@@H]4CC[C@@H](C4)[C@@H]3C2=O)ccc(Br)c1Cl. The van der Waals surface area contributed by atoms with E-state index < -0.39 is 0 Å². The Morgan fingerprint density at radius 2 is 1.85 bits per heavy atom. The van der Waals surface area contributed by atoms with Crippen LogP contribution in [0.4, 0.5) is 5.69 Å². The number of likely N-dealkylation sites (tertiary alicyclic amines) is 1. The standard InChI is InChI=1S/C19H20BrClN2O3/c1-9-13(5-4-12(20)17(9)21)22-14(24)6-7-23-18(25)15-10-2-3-11(8-10)16(15)19(23)26/h4-5,10-11,15-16H,2-3,6-8H2,1H3,(H,22,24)/t10-,11+,15-,16+. The molecule has 1 N–H and O–H groups in total. The van der Waals surface area contributed by atoms with Crippen LogP contribution in [-0.2, 0) is 14.4 Å². The maximum Gasteiger partial charge on any atom is 0.233 e. The first-order valence-corrected chi connectivity index (χ1v) is 10.1. The molecule has 4 atom stereocenters. The van der Waals surface area contributed by atoms with E-state index in [2.05, 4.69) is 21.2 Å². The molecule has 3 fully saturated rings. The van der Waals surface area contributed by atoms with Gasteiger partial charge in [-0.3, -0.25) is 19.3 Å². The van der Waals surface area contributed by atoms with Crippen LogP contribution < -0.4 is 5.32 Å². The molecule has 0 radical (unpaired) electrons. The molecule has 0 spiro atoms. The number of nitrogens with one attached hydrogen (secondary N) is 1. The first-order chi connectivity index (χ1) is 12.4. The van der Waals surface area contributed by atoms with Crippen LogP contribution in [0.2, 0.25) is 5.02 Å². The number of benzene rings is 1. The average Bonchev–Trinajstić information content (AvgIpc) is 3.28. The first kappa shape index (κ1) is 18.0. The van der Waals surface area contributed by atoms with Gasteiger partial charge in [0.15, 0.2) is 0 Å². The Labute approximate surface area is 165 Å². The summed E-state index contributed by atoms with van der Waals surface area (Å²) in [5.74, 6) is 0.118. The molecular formula is C19H20BrClN2O3. The highest BCUT2D eigenvalue weighted by Crippen LogP contribution is 2.56. The number of nitrogens with zero attached hydrogens (tertiary/aromatic N) is 1. The fourth-order valence-corrected chi connectivity index (χ4v) is 5.50. The highest BCUT2D eigenvalue weighted by atomic mass is 79.9. The minimum absolute atomic E-state index is 0.0668.